The third kappa shape index (κ3) is 4.49. The van der Waals surface area contributed by atoms with Gasteiger partial charge in [-0.05, 0) is 31.4 Å². The minimum Gasteiger partial charge on any atom is -0.478 e. The number of thioether (sulfide) groups is 1. The monoisotopic (exact) mass is 287 g/mol. The van der Waals surface area contributed by atoms with Crippen LogP contribution in [0.15, 0.2) is 18.2 Å². The molecule has 1 aromatic rings. The fourth-order valence-corrected chi connectivity index (χ4v) is 2.34. The Bertz CT molecular complexity index is 438. The average Bonchev–Trinajstić information content (AvgIpc) is 2.38. The first-order valence-corrected chi connectivity index (χ1v) is 7.17. The summed E-state index contributed by atoms with van der Waals surface area (Å²) >= 11 is 1.53. The lowest BCUT2D eigenvalue weighted by molar-refractivity contribution is 0.0696. The molecule has 2 unspecified atom stereocenters. The van der Waals surface area contributed by atoms with Gasteiger partial charge in [0.15, 0.2) is 0 Å². The van der Waals surface area contributed by atoms with Crippen molar-refractivity contribution in [3.8, 4) is 0 Å². The number of halogens is 1. The number of benzene rings is 1. The van der Waals surface area contributed by atoms with Gasteiger partial charge in [-0.1, -0.05) is 0 Å². The summed E-state index contributed by atoms with van der Waals surface area (Å²) in [4.78, 5) is 10.8. The van der Waals surface area contributed by atoms with E-state index in [-0.39, 0.29) is 30.0 Å². The van der Waals surface area contributed by atoms with Crippen LogP contribution in [0.3, 0.4) is 0 Å². The normalized spacial score (nSPS) is 14.1. The third-order valence-electron chi connectivity index (χ3n) is 2.95. The van der Waals surface area contributed by atoms with Crippen LogP contribution in [-0.2, 0) is 6.54 Å². The second-order valence-electron chi connectivity index (χ2n) is 4.24. The average molecular weight is 287 g/mol. The Morgan fingerprint density at radius 2 is 2.21 bits per heavy atom. The highest BCUT2D eigenvalue weighted by molar-refractivity contribution is 7.99. The van der Waals surface area contributed by atoms with Gasteiger partial charge in [-0.3, -0.25) is 0 Å². The molecule has 106 valence electrons. The van der Waals surface area contributed by atoms with Crippen LogP contribution in [0.1, 0.15) is 22.8 Å². The van der Waals surface area contributed by atoms with E-state index in [4.69, 9.17) is 10.2 Å². The van der Waals surface area contributed by atoms with Gasteiger partial charge in [-0.25, -0.2) is 9.18 Å². The van der Waals surface area contributed by atoms with Crippen LogP contribution in [-0.4, -0.2) is 40.3 Å². The lowest BCUT2D eigenvalue weighted by atomic mass is 10.1. The molecule has 0 saturated carbocycles. The molecule has 2 atom stereocenters. The summed E-state index contributed by atoms with van der Waals surface area (Å²) in [5, 5.41) is 21.1. The number of carboxylic acid groups (broad SMARTS) is 1. The van der Waals surface area contributed by atoms with Crippen molar-refractivity contribution >= 4 is 17.7 Å². The molecule has 0 heterocycles. The fraction of sp³-hybridized carbons (Fsp3) is 0.462. The molecule has 19 heavy (non-hydrogen) atoms. The molecular formula is C13H18FNO3S. The van der Waals surface area contributed by atoms with E-state index in [0.717, 1.165) is 6.07 Å². The number of hydrogen-bond donors (Lipinski definition) is 3. The van der Waals surface area contributed by atoms with E-state index in [0.29, 0.717) is 5.56 Å². The number of carboxylic acids is 1. The maximum Gasteiger partial charge on any atom is 0.335 e. The SMILES string of the molecule is CSC(CO)C(C)NCc1cc(C(=O)O)ccc1F. The molecule has 6 heteroatoms. The number of aliphatic hydroxyl groups is 1. The van der Waals surface area contributed by atoms with Crippen molar-refractivity contribution in [3.05, 3.63) is 35.1 Å². The minimum atomic E-state index is -1.08. The molecule has 3 N–H and O–H groups in total. The summed E-state index contributed by atoms with van der Waals surface area (Å²) in [6.45, 7) is 2.16. The van der Waals surface area contributed by atoms with E-state index >= 15 is 0 Å². The Morgan fingerprint density at radius 1 is 1.53 bits per heavy atom. The Kier molecular flexibility index (Phi) is 6.27. The highest BCUT2D eigenvalue weighted by Crippen LogP contribution is 2.14. The molecule has 0 bridgehead atoms. The Hall–Kier alpha value is -1.11. The predicted molar refractivity (Wildman–Crippen MR) is 74.0 cm³/mol. The molecule has 0 spiro atoms. The summed E-state index contributed by atoms with van der Waals surface area (Å²) in [5.74, 6) is -1.51. The molecule has 1 aromatic carbocycles. The van der Waals surface area contributed by atoms with Crippen molar-refractivity contribution in [1.82, 2.24) is 5.32 Å². The number of rotatable bonds is 7. The second kappa shape index (κ2) is 7.47. The first kappa shape index (κ1) is 15.9. The molecule has 0 aliphatic carbocycles. The molecule has 0 saturated heterocycles. The van der Waals surface area contributed by atoms with Crippen LogP contribution in [0.4, 0.5) is 4.39 Å². The van der Waals surface area contributed by atoms with Crippen molar-refractivity contribution < 1.29 is 19.4 Å². The fourth-order valence-electron chi connectivity index (χ4n) is 1.68. The molecule has 0 fully saturated rings. The van der Waals surface area contributed by atoms with Crippen LogP contribution >= 0.6 is 11.8 Å². The van der Waals surface area contributed by atoms with Crippen molar-refractivity contribution in [1.29, 1.82) is 0 Å². The van der Waals surface area contributed by atoms with Gasteiger partial charge < -0.3 is 15.5 Å². The van der Waals surface area contributed by atoms with Gasteiger partial charge in [-0.2, -0.15) is 11.8 Å². The summed E-state index contributed by atoms with van der Waals surface area (Å²) < 4.78 is 13.6. The van der Waals surface area contributed by atoms with Gasteiger partial charge in [-0.15, -0.1) is 0 Å². The smallest absolute Gasteiger partial charge is 0.335 e. The molecule has 0 radical (unpaired) electrons. The molecule has 0 aliphatic heterocycles. The number of hydrogen-bond acceptors (Lipinski definition) is 4. The zero-order chi connectivity index (χ0) is 14.4. The maximum atomic E-state index is 13.6. The summed E-state index contributed by atoms with van der Waals surface area (Å²) in [5.41, 5.74) is 0.374. The van der Waals surface area contributed by atoms with Crippen LogP contribution in [0.2, 0.25) is 0 Å². The molecule has 0 amide bonds. The summed E-state index contributed by atoms with van der Waals surface area (Å²) in [6, 6.07) is 3.71. The van der Waals surface area contributed by atoms with Gasteiger partial charge in [0.25, 0.3) is 0 Å². The topological polar surface area (TPSA) is 69.6 Å². The maximum absolute atomic E-state index is 13.6. The minimum absolute atomic E-state index is 0.00659. The number of nitrogens with one attached hydrogen (secondary N) is 1. The quantitative estimate of drug-likeness (QED) is 0.712. The Labute approximate surface area is 116 Å². The van der Waals surface area contributed by atoms with E-state index < -0.39 is 11.8 Å². The van der Waals surface area contributed by atoms with Crippen molar-refractivity contribution in [2.75, 3.05) is 12.9 Å². The largest absolute Gasteiger partial charge is 0.478 e. The van der Waals surface area contributed by atoms with E-state index in [1.807, 2.05) is 13.2 Å². The zero-order valence-corrected chi connectivity index (χ0v) is 11.7. The first-order valence-electron chi connectivity index (χ1n) is 5.88. The van der Waals surface area contributed by atoms with Crippen LogP contribution in [0, 0.1) is 5.82 Å². The molecule has 0 aliphatic rings. The van der Waals surface area contributed by atoms with E-state index in [2.05, 4.69) is 5.32 Å². The molecular weight excluding hydrogens is 269 g/mol. The predicted octanol–water partition coefficient (Wildman–Crippen LogP) is 1.73. The lowest BCUT2D eigenvalue weighted by Crippen LogP contribution is -2.37. The van der Waals surface area contributed by atoms with E-state index in [1.165, 1.54) is 23.9 Å². The van der Waals surface area contributed by atoms with Crippen molar-refractivity contribution in [3.63, 3.8) is 0 Å². The first-order chi connectivity index (χ1) is 8.99. The van der Waals surface area contributed by atoms with E-state index in [1.54, 1.807) is 0 Å². The van der Waals surface area contributed by atoms with E-state index in [9.17, 15) is 9.18 Å². The lowest BCUT2D eigenvalue weighted by Gasteiger charge is -2.21. The summed E-state index contributed by atoms with van der Waals surface area (Å²) in [6.07, 6.45) is 1.89. The van der Waals surface area contributed by atoms with Gasteiger partial charge in [0.1, 0.15) is 5.82 Å². The van der Waals surface area contributed by atoms with Gasteiger partial charge in [0.05, 0.1) is 12.2 Å². The standard InChI is InChI=1S/C13H18FNO3S/c1-8(12(7-16)19-2)15-6-10-5-9(13(17)18)3-4-11(10)14/h3-5,8,12,15-16H,6-7H2,1-2H3,(H,17,18). The third-order valence-corrected chi connectivity index (χ3v) is 4.11. The van der Waals surface area contributed by atoms with Crippen molar-refractivity contribution in [2.45, 2.75) is 24.8 Å². The van der Waals surface area contributed by atoms with Crippen LogP contribution < -0.4 is 5.32 Å². The van der Waals surface area contributed by atoms with Gasteiger partial charge in [0, 0.05) is 23.4 Å². The van der Waals surface area contributed by atoms with Crippen LogP contribution in [0.5, 0.6) is 0 Å². The second-order valence-corrected chi connectivity index (χ2v) is 5.31. The van der Waals surface area contributed by atoms with Crippen molar-refractivity contribution in [2.24, 2.45) is 0 Å². The van der Waals surface area contributed by atoms with Gasteiger partial charge >= 0.3 is 5.97 Å². The number of aliphatic hydroxyl groups excluding tert-OH is 1. The molecule has 1 rings (SSSR count). The Morgan fingerprint density at radius 3 is 2.74 bits per heavy atom. The van der Waals surface area contributed by atoms with Gasteiger partial charge in [0.2, 0.25) is 0 Å². The molecule has 4 nitrogen and oxygen atoms in total. The Balaban J connectivity index is 2.71. The number of aromatic carboxylic acids is 1. The summed E-state index contributed by atoms with van der Waals surface area (Å²) in [7, 11) is 0. The van der Waals surface area contributed by atoms with Crippen LogP contribution in [0.25, 0.3) is 0 Å². The highest BCUT2D eigenvalue weighted by Gasteiger charge is 2.15. The zero-order valence-electron chi connectivity index (χ0n) is 10.9. The molecule has 0 aromatic heterocycles. The highest BCUT2D eigenvalue weighted by atomic mass is 32.2. The number of carbonyl (C=O) groups is 1.